The molecule has 1 aromatic rings. The molecule has 1 aromatic carbocycles. The fourth-order valence-corrected chi connectivity index (χ4v) is 2.06. The lowest BCUT2D eigenvalue weighted by Crippen LogP contribution is -2.18. The van der Waals surface area contributed by atoms with Crippen molar-refractivity contribution in [2.45, 2.75) is 19.9 Å². The summed E-state index contributed by atoms with van der Waals surface area (Å²) in [5, 5.41) is 3.12. The van der Waals surface area contributed by atoms with E-state index >= 15 is 0 Å². The summed E-state index contributed by atoms with van der Waals surface area (Å²) >= 11 is 0. The second-order valence-electron chi connectivity index (χ2n) is 3.86. The number of ether oxygens (including phenoxy) is 1. The van der Waals surface area contributed by atoms with Crippen molar-refractivity contribution >= 4 is 10.1 Å². The molecule has 0 radical (unpaired) electrons. The van der Waals surface area contributed by atoms with Crippen LogP contribution < -0.4 is 10.1 Å². The molecule has 0 amide bonds. The highest BCUT2D eigenvalue weighted by Gasteiger charge is 2.04. The van der Waals surface area contributed by atoms with Gasteiger partial charge < -0.3 is 10.1 Å². The van der Waals surface area contributed by atoms with Crippen molar-refractivity contribution in [3.8, 4) is 5.75 Å². The molecule has 18 heavy (non-hydrogen) atoms. The normalized spacial score (nSPS) is 11.4. The van der Waals surface area contributed by atoms with E-state index in [1.807, 2.05) is 31.2 Å². The number of nitrogens with one attached hydrogen (secondary N) is 1. The second-order valence-corrected chi connectivity index (χ2v) is 5.43. The van der Waals surface area contributed by atoms with Crippen LogP contribution >= 0.6 is 0 Å². The van der Waals surface area contributed by atoms with Gasteiger partial charge in [-0.05, 0) is 26.0 Å². The molecule has 5 nitrogen and oxygen atoms in total. The van der Waals surface area contributed by atoms with Crippen molar-refractivity contribution in [3.63, 3.8) is 0 Å². The molecule has 0 fully saturated rings. The molecule has 0 aliphatic heterocycles. The summed E-state index contributed by atoms with van der Waals surface area (Å²) in [5.41, 5.74) is 1.03. The Kier molecular flexibility index (Phi) is 6.11. The van der Waals surface area contributed by atoms with E-state index in [2.05, 4.69) is 5.32 Å². The van der Waals surface area contributed by atoms with Crippen LogP contribution in [0.1, 0.15) is 18.9 Å². The first-order valence-electron chi connectivity index (χ1n) is 5.89. The van der Waals surface area contributed by atoms with Crippen LogP contribution in [0.4, 0.5) is 0 Å². The maximum Gasteiger partial charge on any atom is 0.264 e. The van der Waals surface area contributed by atoms with Gasteiger partial charge >= 0.3 is 0 Å². The van der Waals surface area contributed by atoms with Gasteiger partial charge in [-0.3, -0.25) is 4.55 Å². The van der Waals surface area contributed by atoms with Gasteiger partial charge in [-0.25, -0.2) is 0 Å². The lowest BCUT2D eigenvalue weighted by atomic mass is 10.2. The van der Waals surface area contributed by atoms with Crippen LogP contribution in [0.25, 0.3) is 0 Å². The highest BCUT2D eigenvalue weighted by molar-refractivity contribution is 7.85. The standard InChI is InChI=1S/C12H19NO4S/c1-2-17-12-7-4-3-6-11(12)10-13-8-5-9-18(14,15)16/h3-4,6-7,13H,2,5,8-10H2,1H3,(H,14,15,16). The van der Waals surface area contributed by atoms with Crippen molar-refractivity contribution in [2.24, 2.45) is 0 Å². The molecule has 0 bridgehead atoms. The van der Waals surface area contributed by atoms with E-state index in [9.17, 15) is 8.42 Å². The van der Waals surface area contributed by atoms with E-state index in [4.69, 9.17) is 9.29 Å². The molecule has 0 aromatic heterocycles. The maximum absolute atomic E-state index is 10.5. The zero-order valence-corrected chi connectivity index (χ0v) is 11.2. The molecule has 0 atom stereocenters. The highest BCUT2D eigenvalue weighted by Crippen LogP contribution is 2.17. The summed E-state index contributed by atoms with van der Waals surface area (Å²) < 4.78 is 35.1. The average molecular weight is 273 g/mol. The lowest BCUT2D eigenvalue weighted by molar-refractivity contribution is 0.335. The molecule has 0 unspecified atom stereocenters. The number of rotatable bonds is 8. The van der Waals surface area contributed by atoms with Crippen molar-refractivity contribution in [3.05, 3.63) is 29.8 Å². The molecular formula is C12H19NO4S. The minimum atomic E-state index is -3.85. The Morgan fingerprint density at radius 2 is 2.06 bits per heavy atom. The Hall–Kier alpha value is -1.11. The number of hydrogen-bond donors (Lipinski definition) is 2. The summed E-state index contributed by atoms with van der Waals surface area (Å²) in [6, 6.07) is 7.70. The number of hydrogen-bond acceptors (Lipinski definition) is 4. The third-order valence-electron chi connectivity index (χ3n) is 2.34. The molecule has 0 saturated heterocycles. The Morgan fingerprint density at radius 1 is 1.33 bits per heavy atom. The SMILES string of the molecule is CCOc1ccccc1CNCCCS(=O)(=O)O. The van der Waals surface area contributed by atoms with E-state index in [0.29, 0.717) is 26.1 Å². The first-order valence-corrected chi connectivity index (χ1v) is 7.50. The van der Waals surface area contributed by atoms with E-state index < -0.39 is 10.1 Å². The van der Waals surface area contributed by atoms with E-state index in [1.54, 1.807) is 0 Å². The molecule has 2 N–H and O–H groups in total. The van der Waals surface area contributed by atoms with Crippen LogP contribution in [0.5, 0.6) is 5.75 Å². The van der Waals surface area contributed by atoms with E-state index in [0.717, 1.165) is 11.3 Å². The van der Waals surface area contributed by atoms with Gasteiger partial charge in [-0.15, -0.1) is 0 Å². The largest absolute Gasteiger partial charge is 0.494 e. The Bertz CT molecular complexity index is 459. The molecule has 0 heterocycles. The minimum absolute atomic E-state index is 0.215. The zero-order valence-electron chi connectivity index (χ0n) is 10.4. The first-order chi connectivity index (χ1) is 8.53. The van der Waals surface area contributed by atoms with Crippen molar-refractivity contribution in [1.82, 2.24) is 5.32 Å². The smallest absolute Gasteiger partial charge is 0.264 e. The molecule has 0 aliphatic rings. The van der Waals surface area contributed by atoms with Crippen molar-refractivity contribution < 1.29 is 17.7 Å². The van der Waals surface area contributed by atoms with Gasteiger partial charge in [0.1, 0.15) is 5.75 Å². The first kappa shape index (κ1) is 14.9. The van der Waals surface area contributed by atoms with Gasteiger partial charge in [-0.1, -0.05) is 18.2 Å². The summed E-state index contributed by atoms with van der Waals surface area (Å²) in [4.78, 5) is 0. The topological polar surface area (TPSA) is 75.6 Å². The summed E-state index contributed by atoms with van der Waals surface area (Å²) in [6.07, 6.45) is 0.385. The predicted molar refractivity (Wildman–Crippen MR) is 70.4 cm³/mol. The van der Waals surface area contributed by atoms with Crippen LogP contribution in [0, 0.1) is 0 Å². The highest BCUT2D eigenvalue weighted by atomic mass is 32.2. The monoisotopic (exact) mass is 273 g/mol. The van der Waals surface area contributed by atoms with Crippen LogP contribution in [0.3, 0.4) is 0 Å². The van der Waals surface area contributed by atoms with Gasteiger partial charge in [-0.2, -0.15) is 8.42 Å². The molecule has 1 rings (SSSR count). The fraction of sp³-hybridized carbons (Fsp3) is 0.500. The average Bonchev–Trinajstić information content (AvgIpc) is 2.29. The van der Waals surface area contributed by atoms with Gasteiger partial charge in [0, 0.05) is 12.1 Å². The third-order valence-corrected chi connectivity index (χ3v) is 3.15. The summed E-state index contributed by atoms with van der Waals surface area (Å²) in [7, 11) is -3.85. The molecule has 6 heteroatoms. The van der Waals surface area contributed by atoms with E-state index in [1.165, 1.54) is 0 Å². The maximum atomic E-state index is 10.5. The second kappa shape index (κ2) is 7.35. The van der Waals surface area contributed by atoms with Gasteiger partial charge in [0.15, 0.2) is 0 Å². The van der Waals surface area contributed by atoms with Gasteiger partial charge in [0.05, 0.1) is 12.4 Å². The summed E-state index contributed by atoms with van der Waals surface area (Å²) in [6.45, 7) is 3.68. The molecule has 0 spiro atoms. The zero-order chi connectivity index (χ0) is 13.4. The van der Waals surface area contributed by atoms with Crippen LogP contribution in [0.2, 0.25) is 0 Å². The molecular weight excluding hydrogens is 254 g/mol. The fourth-order valence-electron chi connectivity index (χ4n) is 1.55. The molecule has 0 aliphatic carbocycles. The van der Waals surface area contributed by atoms with E-state index in [-0.39, 0.29) is 5.75 Å². The van der Waals surface area contributed by atoms with Gasteiger partial charge in [0.25, 0.3) is 10.1 Å². The molecule has 102 valence electrons. The lowest BCUT2D eigenvalue weighted by Gasteiger charge is -2.10. The minimum Gasteiger partial charge on any atom is -0.494 e. The van der Waals surface area contributed by atoms with Crippen LogP contribution in [0.15, 0.2) is 24.3 Å². The third kappa shape index (κ3) is 6.00. The quantitative estimate of drug-likeness (QED) is 0.554. The van der Waals surface area contributed by atoms with Crippen LogP contribution in [-0.4, -0.2) is 31.9 Å². The molecule has 0 saturated carbocycles. The van der Waals surface area contributed by atoms with Crippen molar-refractivity contribution in [1.29, 1.82) is 0 Å². The Morgan fingerprint density at radius 3 is 2.72 bits per heavy atom. The Labute approximate surface area is 108 Å². The van der Waals surface area contributed by atoms with Crippen LogP contribution in [-0.2, 0) is 16.7 Å². The predicted octanol–water partition coefficient (Wildman–Crippen LogP) is 1.45. The number of benzene rings is 1. The van der Waals surface area contributed by atoms with Crippen molar-refractivity contribution in [2.75, 3.05) is 18.9 Å². The summed E-state index contributed by atoms with van der Waals surface area (Å²) in [5.74, 6) is 0.620. The Balaban J connectivity index is 2.35. The van der Waals surface area contributed by atoms with Gasteiger partial charge in [0.2, 0.25) is 0 Å². The number of para-hydroxylation sites is 1.